The Hall–Kier alpha value is -0.840. The zero-order chi connectivity index (χ0) is 15.0. The number of rotatable bonds is 5. The van der Waals surface area contributed by atoms with E-state index < -0.39 is 0 Å². The second-order valence-electron chi connectivity index (χ2n) is 6.66. The minimum absolute atomic E-state index is 0.00964. The van der Waals surface area contributed by atoms with Gasteiger partial charge in [0.1, 0.15) is 4.47 Å². The van der Waals surface area contributed by atoms with Crippen molar-refractivity contribution >= 4 is 21.6 Å². The molecule has 1 N–H and O–H groups in total. The zero-order valence-corrected chi connectivity index (χ0v) is 14.4. The molecular weight excluding hydrogens is 330 g/mol. The molecule has 3 rings (SSSR count). The maximum absolute atomic E-state index is 12.3. The number of anilines is 1. The van der Waals surface area contributed by atoms with Crippen LogP contribution in [-0.2, 0) is 6.54 Å². The maximum atomic E-state index is 12.3. The van der Waals surface area contributed by atoms with Gasteiger partial charge >= 0.3 is 0 Å². The number of nitrogens with zero attached hydrogens (tertiary/aromatic N) is 2. The van der Waals surface area contributed by atoms with Gasteiger partial charge in [-0.2, -0.15) is 5.10 Å². The topological polar surface area (TPSA) is 46.9 Å². The monoisotopic (exact) mass is 353 g/mol. The molecule has 1 heterocycles. The lowest BCUT2D eigenvalue weighted by Gasteiger charge is -2.22. The molecule has 2 saturated carbocycles. The van der Waals surface area contributed by atoms with E-state index in [-0.39, 0.29) is 5.56 Å². The summed E-state index contributed by atoms with van der Waals surface area (Å²) in [7, 11) is 0. The molecule has 0 aromatic carbocycles. The number of aromatic nitrogens is 2. The third-order valence-electron chi connectivity index (χ3n) is 5.20. The summed E-state index contributed by atoms with van der Waals surface area (Å²) in [5, 5.41) is 7.87. The highest BCUT2D eigenvalue weighted by Gasteiger charge is 2.32. The highest BCUT2D eigenvalue weighted by atomic mass is 79.9. The molecule has 0 saturated heterocycles. The van der Waals surface area contributed by atoms with Gasteiger partial charge in [0, 0.05) is 12.6 Å². The summed E-state index contributed by atoms with van der Waals surface area (Å²) < 4.78 is 2.23. The minimum Gasteiger partial charge on any atom is -0.380 e. The van der Waals surface area contributed by atoms with E-state index in [4.69, 9.17) is 0 Å². The van der Waals surface area contributed by atoms with Crippen LogP contribution in [0.15, 0.2) is 15.5 Å². The van der Waals surface area contributed by atoms with Gasteiger partial charge in [0.2, 0.25) is 0 Å². The summed E-state index contributed by atoms with van der Waals surface area (Å²) in [6.45, 7) is 5.34. The first-order valence-corrected chi connectivity index (χ1v) is 8.91. The lowest BCUT2D eigenvalue weighted by Crippen LogP contribution is -2.29. The molecule has 1 aromatic heterocycles. The van der Waals surface area contributed by atoms with Crippen LogP contribution >= 0.6 is 15.9 Å². The van der Waals surface area contributed by atoms with Crippen molar-refractivity contribution in [2.75, 3.05) is 5.32 Å². The van der Waals surface area contributed by atoms with E-state index >= 15 is 0 Å². The third kappa shape index (κ3) is 3.17. The Balaban J connectivity index is 1.74. The average molecular weight is 354 g/mol. The van der Waals surface area contributed by atoms with E-state index in [2.05, 4.69) is 40.2 Å². The van der Waals surface area contributed by atoms with Crippen LogP contribution < -0.4 is 10.9 Å². The van der Waals surface area contributed by atoms with Crippen LogP contribution in [0.5, 0.6) is 0 Å². The molecule has 4 nitrogen and oxygen atoms in total. The van der Waals surface area contributed by atoms with Crippen LogP contribution in [0.2, 0.25) is 0 Å². The first-order chi connectivity index (χ1) is 10.1. The highest BCUT2D eigenvalue weighted by Crippen LogP contribution is 2.36. The number of nitrogens with one attached hydrogen (secondary N) is 1. The fourth-order valence-corrected chi connectivity index (χ4v) is 3.89. The first-order valence-electron chi connectivity index (χ1n) is 8.12. The highest BCUT2D eigenvalue weighted by molar-refractivity contribution is 9.10. The van der Waals surface area contributed by atoms with Gasteiger partial charge in [-0.05, 0) is 59.4 Å². The van der Waals surface area contributed by atoms with Gasteiger partial charge in [0.15, 0.2) is 0 Å². The van der Waals surface area contributed by atoms with Gasteiger partial charge in [0.05, 0.1) is 11.9 Å². The molecule has 21 heavy (non-hydrogen) atoms. The summed E-state index contributed by atoms with van der Waals surface area (Å²) in [6, 6.07) is 0.451. The third-order valence-corrected chi connectivity index (χ3v) is 5.97. The fourth-order valence-electron chi connectivity index (χ4n) is 3.47. The van der Waals surface area contributed by atoms with Gasteiger partial charge in [-0.3, -0.25) is 4.79 Å². The Morgan fingerprint density at radius 2 is 2.14 bits per heavy atom. The van der Waals surface area contributed by atoms with E-state index in [0.717, 1.165) is 18.2 Å². The average Bonchev–Trinajstić information content (AvgIpc) is 3.23. The van der Waals surface area contributed by atoms with Gasteiger partial charge < -0.3 is 5.32 Å². The quantitative estimate of drug-likeness (QED) is 0.878. The molecule has 5 heteroatoms. The Kier molecular flexibility index (Phi) is 4.38. The Bertz CT molecular complexity index is 567. The normalized spacial score (nSPS) is 28.8. The molecule has 0 radical (unpaired) electrons. The van der Waals surface area contributed by atoms with Crippen molar-refractivity contribution in [3.8, 4) is 0 Å². The predicted molar refractivity (Wildman–Crippen MR) is 88.5 cm³/mol. The number of hydrogen-bond acceptors (Lipinski definition) is 3. The molecule has 3 atom stereocenters. The number of hydrogen-bond donors (Lipinski definition) is 1. The largest absolute Gasteiger partial charge is 0.380 e. The van der Waals surface area contributed by atoms with Gasteiger partial charge in [-0.25, -0.2) is 4.68 Å². The van der Waals surface area contributed by atoms with Crippen LogP contribution in [0.3, 0.4) is 0 Å². The van der Waals surface area contributed by atoms with Gasteiger partial charge in [-0.1, -0.05) is 20.3 Å². The van der Waals surface area contributed by atoms with E-state index in [1.807, 2.05) is 0 Å². The van der Waals surface area contributed by atoms with Crippen molar-refractivity contribution in [1.82, 2.24) is 9.78 Å². The van der Waals surface area contributed by atoms with Crippen LogP contribution in [0.4, 0.5) is 5.69 Å². The van der Waals surface area contributed by atoms with Crippen LogP contribution in [0, 0.1) is 17.8 Å². The molecule has 2 fully saturated rings. The van der Waals surface area contributed by atoms with Crippen molar-refractivity contribution in [2.24, 2.45) is 17.8 Å². The van der Waals surface area contributed by atoms with Crippen LogP contribution in [0.1, 0.15) is 46.0 Å². The minimum atomic E-state index is -0.00964. The van der Waals surface area contributed by atoms with Gasteiger partial charge in [0.25, 0.3) is 5.56 Å². The van der Waals surface area contributed by atoms with Crippen molar-refractivity contribution in [2.45, 2.75) is 58.5 Å². The molecule has 2 aliphatic carbocycles. The van der Waals surface area contributed by atoms with E-state index in [1.54, 1.807) is 10.9 Å². The van der Waals surface area contributed by atoms with E-state index in [1.165, 1.54) is 32.1 Å². The summed E-state index contributed by atoms with van der Waals surface area (Å²) in [6.07, 6.45) is 7.95. The van der Waals surface area contributed by atoms with Crippen molar-refractivity contribution < 1.29 is 0 Å². The molecule has 3 unspecified atom stereocenters. The fraction of sp³-hybridized carbons (Fsp3) is 0.750. The van der Waals surface area contributed by atoms with Crippen molar-refractivity contribution in [1.29, 1.82) is 0 Å². The molecule has 0 aliphatic heterocycles. The van der Waals surface area contributed by atoms with Crippen molar-refractivity contribution in [3.63, 3.8) is 0 Å². The van der Waals surface area contributed by atoms with E-state index in [9.17, 15) is 4.79 Å². The summed E-state index contributed by atoms with van der Waals surface area (Å²) in [4.78, 5) is 12.3. The Labute approximate surface area is 134 Å². The lowest BCUT2D eigenvalue weighted by atomic mass is 9.93. The standard InChI is InChI=1S/C16H24BrN3O/c1-3-12-6-7-13(10(12)2)19-14-8-18-20(9-11-4-5-11)16(21)15(14)17/h8,10-13,19H,3-7,9H2,1-2H3. The summed E-state index contributed by atoms with van der Waals surface area (Å²) >= 11 is 3.46. The Morgan fingerprint density at radius 1 is 1.38 bits per heavy atom. The summed E-state index contributed by atoms with van der Waals surface area (Å²) in [5.74, 6) is 2.10. The molecular formula is C16H24BrN3O. The van der Waals surface area contributed by atoms with Crippen LogP contribution in [0.25, 0.3) is 0 Å². The van der Waals surface area contributed by atoms with Crippen molar-refractivity contribution in [3.05, 3.63) is 21.0 Å². The van der Waals surface area contributed by atoms with Gasteiger partial charge in [-0.15, -0.1) is 0 Å². The zero-order valence-electron chi connectivity index (χ0n) is 12.8. The molecule has 1 aromatic rings. The predicted octanol–water partition coefficient (Wildman–Crippen LogP) is 3.65. The van der Waals surface area contributed by atoms with E-state index in [0.29, 0.717) is 22.4 Å². The maximum Gasteiger partial charge on any atom is 0.283 e. The first kappa shape index (κ1) is 15.1. The number of halogens is 1. The lowest BCUT2D eigenvalue weighted by molar-refractivity contribution is 0.391. The second-order valence-corrected chi connectivity index (χ2v) is 7.45. The molecule has 2 aliphatic rings. The molecule has 0 spiro atoms. The second kappa shape index (κ2) is 6.11. The molecule has 0 bridgehead atoms. The summed E-state index contributed by atoms with van der Waals surface area (Å²) in [5.41, 5.74) is 0.838. The van der Waals surface area contributed by atoms with Crippen LogP contribution in [-0.4, -0.2) is 15.8 Å². The molecule has 0 amide bonds. The Morgan fingerprint density at radius 3 is 2.76 bits per heavy atom. The smallest absolute Gasteiger partial charge is 0.283 e. The SMILES string of the molecule is CCC1CCC(Nc2cnn(CC3CC3)c(=O)c2Br)C1C. The molecule has 116 valence electrons.